The number of benzene rings is 2. The lowest BCUT2D eigenvalue weighted by molar-refractivity contribution is -0.120. The summed E-state index contributed by atoms with van der Waals surface area (Å²) in [5.74, 6) is -5.33. The van der Waals surface area contributed by atoms with Crippen molar-refractivity contribution in [1.82, 2.24) is 0 Å². The molecule has 2 amide bonds. The topological polar surface area (TPSA) is 58.6 Å². The number of ether oxygens (including phenoxy) is 1. The molecule has 0 saturated heterocycles. The summed E-state index contributed by atoms with van der Waals surface area (Å²) in [6.45, 7) is 2.86. The van der Waals surface area contributed by atoms with Crippen molar-refractivity contribution >= 4 is 23.2 Å². The zero-order valence-electron chi connectivity index (χ0n) is 14.2. The van der Waals surface area contributed by atoms with Crippen LogP contribution in [0, 0.1) is 17.5 Å². The zero-order valence-corrected chi connectivity index (χ0v) is 14.2. The van der Waals surface area contributed by atoms with E-state index in [0.717, 1.165) is 17.9 Å². The van der Waals surface area contributed by atoms with Crippen molar-refractivity contribution in [3.05, 3.63) is 53.8 Å². The van der Waals surface area contributed by atoms with Gasteiger partial charge in [0.25, 0.3) is 0 Å². The monoisotopic (exact) mass is 366 g/mol. The summed E-state index contributed by atoms with van der Waals surface area (Å²) >= 11 is 0. The molecule has 1 N–H and O–H groups in total. The third-order valence-corrected chi connectivity index (χ3v) is 3.44. The number of carbonyl (C=O) groups excluding carboxylic acids is 2. The highest BCUT2D eigenvalue weighted by Gasteiger charge is 2.23. The number of nitrogens with zero attached hydrogens (tertiary/aromatic N) is 1. The van der Waals surface area contributed by atoms with Crippen LogP contribution in [0.2, 0.25) is 0 Å². The molecule has 0 fully saturated rings. The summed E-state index contributed by atoms with van der Waals surface area (Å²) in [4.78, 5) is 24.6. The van der Waals surface area contributed by atoms with E-state index >= 15 is 0 Å². The smallest absolute Gasteiger partial charge is 0.244 e. The molecule has 0 spiro atoms. The first-order valence-electron chi connectivity index (χ1n) is 7.77. The van der Waals surface area contributed by atoms with E-state index in [1.807, 2.05) is 6.92 Å². The van der Waals surface area contributed by atoms with Crippen LogP contribution in [0.4, 0.5) is 24.5 Å². The lowest BCUT2D eigenvalue weighted by atomic mass is 10.2. The van der Waals surface area contributed by atoms with Gasteiger partial charge in [0.2, 0.25) is 11.8 Å². The molecule has 0 atom stereocenters. The first-order chi connectivity index (χ1) is 12.3. The van der Waals surface area contributed by atoms with Crippen molar-refractivity contribution in [2.45, 2.75) is 13.8 Å². The van der Waals surface area contributed by atoms with Crippen LogP contribution in [0.1, 0.15) is 13.8 Å². The number of nitrogens with one attached hydrogen (secondary N) is 1. The van der Waals surface area contributed by atoms with Crippen molar-refractivity contribution in [3.8, 4) is 5.75 Å². The van der Waals surface area contributed by atoms with Gasteiger partial charge >= 0.3 is 0 Å². The number of hydrogen-bond acceptors (Lipinski definition) is 3. The van der Waals surface area contributed by atoms with Gasteiger partial charge in [-0.1, -0.05) is 0 Å². The Morgan fingerprint density at radius 2 is 1.69 bits per heavy atom. The van der Waals surface area contributed by atoms with Crippen molar-refractivity contribution < 1.29 is 27.5 Å². The maximum absolute atomic E-state index is 13.9. The number of carbonyl (C=O) groups is 2. The van der Waals surface area contributed by atoms with Gasteiger partial charge in [-0.25, -0.2) is 13.2 Å². The molecule has 0 aromatic heterocycles. The highest BCUT2D eigenvalue weighted by Crippen LogP contribution is 2.24. The largest absolute Gasteiger partial charge is 0.494 e. The van der Waals surface area contributed by atoms with Gasteiger partial charge in [0.15, 0.2) is 17.5 Å². The third-order valence-electron chi connectivity index (χ3n) is 3.44. The summed E-state index contributed by atoms with van der Waals surface area (Å²) in [5.41, 5.74) is -0.0778. The SMILES string of the molecule is CCOc1ccc(NC(=O)CN(C(C)=O)c2ccc(F)c(F)c2F)cc1. The average Bonchev–Trinajstić information content (AvgIpc) is 2.60. The van der Waals surface area contributed by atoms with Gasteiger partial charge in [0.1, 0.15) is 12.3 Å². The standard InChI is InChI=1S/C18H17F3N2O3/c1-3-26-13-6-4-12(5-7-13)22-16(25)10-23(11(2)24)15-9-8-14(19)17(20)18(15)21/h4-9H,3,10H2,1-2H3,(H,22,25). The minimum atomic E-state index is -1.71. The number of halogens is 3. The van der Waals surface area contributed by atoms with Crippen LogP contribution < -0.4 is 15.0 Å². The highest BCUT2D eigenvalue weighted by molar-refractivity contribution is 6.01. The molecule has 5 nitrogen and oxygen atoms in total. The van der Waals surface area contributed by atoms with Gasteiger partial charge in [-0.15, -0.1) is 0 Å². The summed E-state index contributed by atoms with van der Waals surface area (Å²) in [7, 11) is 0. The van der Waals surface area contributed by atoms with E-state index in [0.29, 0.717) is 24.1 Å². The second-order valence-corrected chi connectivity index (χ2v) is 5.31. The van der Waals surface area contributed by atoms with E-state index in [4.69, 9.17) is 4.74 Å². The summed E-state index contributed by atoms with van der Waals surface area (Å²) in [5, 5.41) is 2.53. The van der Waals surface area contributed by atoms with Gasteiger partial charge in [-0.05, 0) is 43.3 Å². The molecule has 8 heteroatoms. The van der Waals surface area contributed by atoms with Crippen LogP contribution in [-0.4, -0.2) is 25.0 Å². The van der Waals surface area contributed by atoms with Crippen LogP contribution in [0.5, 0.6) is 5.75 Å². The molecule has 0 aliphatic carbocycles. The number of amides is 2. The number of anilines is 2. The van der Waals surface area contributed by atoms with Gasteiger partial charge in [-0.3, -0.25) is 9.59 Å². The molecule has 0 bridgehead atoms. The summed E-state index contributed by atoms with van der Waals surface area (Å²) in [6, 6.07) is 8.08. The van der Waals surface area contributed by atoms with E-state index in [2.05, 4.69) is 5.32 Å². The Balaban J connectivity index is 2.13. The Kier molecular flexibility index (Phi) is 6.21. The molecule has 26 heavy (non-hydrogen) atoms. The second-order valence-electron chi connectivity index (χ2n) is 5.31. The quantitative estimate of drug-likeness (QED) is 0.796. The molecular formula is C18H17F3N2O3. The van der Waals surface area contributed by atoms with Crippen molar-refractivity contribution in [2.75, 3.05) is 23.4 Å². The molecular weight excluding hydrogens is 349 g/mol. The Morgan fingerprint density at radius 1 is 1.04 bits per heavy atom. The Hall–Kier alpha value is -3.03. The predicted octanol–water partition coefficient (Wildman–Crippen LogP) is 3.49. The second kappa shape index (κ2) is 8.37. The van der Waals surface area contributed by atoms with Crippen LogP contribution in [0.15, 0.2) is 36.4 Å². The third kappa shape index (κ3) is 4.53. The van der Waals surface area contributed by atoms with Crippen molar-refractivity contribution in [2.24, 2.45) is 0 Å². The van der Waals surface area contributed by atoms with Crippen LogP contribution in [0.25, 0.3) is 0 Å². The average molecular weight is 366 g/mol. The first-order valence-corrected chi connectivity index (χ1v) is 7.77. The van der Waals surface area contributed by atoms with Gasteiger partial charge in [-0.2, -0.15) is 0 Å². The molecule has 2 rings (SSSR count). The van der Waals surface area contributed by atoms with Crippen LogP contribution >= 0.6 is 0 Å². The zero-order chi connectivity index (χ0) is 19.3. The summed E-state index contributed by atoms with van der Waals surface area (Å²) < 4.78 is 45.6. The lowest BCUT2D eigenvalue weighted by Crippen LogP contribution is -2.37. The van der Waals surface area contributed by atoms with E-state index < -0.39 is 41.5 Å². The van der Waals surface area contributed by atoms with Gasteiger partial charge in [0.05, 0.1) is 12.3 Å². The van der Waals surface area contributed by atoms with Crippen molar-refractivity contribution in [1.29, 1.82) is 0 Å². The Labute approximate surface area is 148 Å². The van der Waals surface area contributed by atoms with Crippen LogP contribution in [-0.2, 0) is 9.59 Å². The van der Waals surface area contributed by atoms with Crippen molar-refractivity contribution in [3.63, 3.8) is 0 Å². The highest BCUT2D eigenvalue weighted by atomic mass is 19.2. The first kappa shape index (κ1) is 19.3. The van der Waals surface area contributed by atoms with E-state index in [1.165, 1.54) is 0 Å². The predicted molar refractivity (Wildman–Crippen MR) is 90.6 cm³/mol. The van der Waals surface area contributed by atoms with E-state index in [-0.39, 0.29) is 0 Å². The fraction of sp³-hybridized carbons (Fsp3) is 0.222. The van der Waals surface area contributed by atoms with E-state index in [1.54, 1.807) is 24.3 Å². The number of hydrogen-bond donors (Lipinski definition) is 1. The molecule has 0 unspecified atom stereocenters. The molecule has 0 saturated carbocycles. The van der Waals surface area contributed by atoms with Gasteiger partial charge < -0.3 is 15.0 Å². The minimum Gasteiger partial charge on any atom is -0.494 e. The van der Waals surface area contributed by atoms with Gasteiger partial charge in [0, 0.05) is 12.6 Å². The fourth-order valence-corrected chi connectivity index (χ4v) is 2.24. The summed E-state index contributed by atoms with van der Waals surface area (Å²) in [6.07, 6.45) is 0. The molecule has 0 aliphatic heterocycles. The van der Waals surface area contributed by atoms with Crippen LogP contribution in [0.3, 0.4) is 0 Å². The molecule has 2 aromatic rings. The maximum Gasteiger partial charge on any atom is 0.244 e. The maximum atomic E-state index is 13.9. The Bertz CT molecular complexity index is 810. The number of rotatable bonds is 6. The molecule has 0 aliphatic rings. The Morgan fingerprint density at radius 3 is 2.27 bits per heavy atom. The molecule has 2 aromatic carbocycles. The normalized spacial score (nSPS) is 10.3. The molecule has 138 valence electrons. The lowest BCUT2D eigenvalue weighted by Gasteiger charge is -2.21. The van der Waals surface area contributed by atoms with E-state index in [9.17, 15) is 22.8 Å². The molecule has 0 radical (unpaired) electrons. The molecule has 0 heterocycles. The minimum absolute atomic E-state index is 0.438. The fourth-order valence-electron chi connectivity index (χ4n) is 2.24.